The summed E-state index contributed by atoms with van der Waals surface area (Å²) in [5.41, 5.74) is 0.898. The van der Waals surface area contributed by atoms with E-state index in [1.165, 1.54) is 37.8 Å². The maximum atomic E-state index is 13.0. The van der Waals surface area contributed by atoms with E-state index in [1.54, 1.807) is 12.1 Å². The highest BCUT2D eigenvalue weighted by Gasteiger charge is 2.32. The third-order valence-electron chi connectivity index (χ3n) is 5.12. The van der Waals surface area contributed by atoms with Gasteiger partial charge in [-0.2, -0.15) is 0 Å². The molecule has 2 nitrogen and oxygen atoms in total. The number of hydrogen-bond donors (Lipinski definition) is 0. The van der Waals surface area contributed by atoms with Crippen molar-refractivity contribution < 1.29 is 13.9 Å². The van der Waals surface area contributed by atoms with Crippen molar-refractivity contribution in [3.8, 4) is 0 Å². The van der Waals surface area contributed by atoms with E-state index in [-0.39, 0.29) is 12.1 Å². The van der Waals surface area contributed by atoms with Crippen LogP contribution in [0.5, 0.6) is 0 Å². The number of allylic oxidation sites excluding steroid dienone is 1. The van der Waals surface area contributed by atoms with Gasteiger partial charge in [0.15, 0.2) is 6.29 Å². The molecule has 0 radical (unpaired) electrons. The van der Waals surface area contributed by atoms with Crippen LogP contribution in [0.25, 0.3) is 0 Å². The topological polar surface area (TPSA) is 18.5 Å². The minimum absolute atomic E-state index is 0.228. The molecular weight excluding hydrogens is 279 g/mol. The summed E-state index contributed by atoms with van der Waals surface area (Å²) in [4.78, 5) is 0. The van der Waals surface area contributed by atoms with Crippen LogP contribution in [0.3, 0.4) is 0 Å². The number of hydrogen-bond acceptors (Lipinski definition) is 2. The van der Waals surface area contributed by atoms with E-state index in [9.17, 15) is 4.39 Å². The standard InChI is InChI=1S/C19H25FO2/c1-2-3-14-4-6-15(7-5-14)17-12-21-19(22-13-17)16-8-10-18(20)11-9-16/h2,8-11,14-15,17,19H,1,3-7,12-13H2/t14-,15-,17-,19-. The molecular formula is C19H25FO2. The summed E-state index contributed by atoms with van der Waals surface area (Å²) < 4.78 is 24.7. The van der Waals surface area contributed by atoms with Crippen LogP contribution < -0.4 is 0 Å². The van der Waals surface area contributed by atoms with E-state index in [2.05, 4.69) is 6.58 Å². The van der Waals surface area contributed by atoms with Gasteiger partial charge in [-0.05, 0) is 56.1 Å². The second kappa shape index (κ2) is 7.38. The van der Waals surface area contributed by atoms with Gasteiger partial charge in [0.1, 0.15) is 5.82 Å². The molecule has 0 atom stereocenters. The molecule has 2 fully saturated rings. The molecule has 1 aliphatic carbocycles. The van der Waals surface area contributed by atoms with Gasteiger partial charge in [0.2, 0.25) is 0 Å². The van der Waals surface area contributed by atoms with Gasteiger partial charge in [0.25, 0.3) is 0 Å². The van der Waals surface area contributed by atoms with Crippen molar-refractivity contribution in [1.82, 2.24) is 0 Å². The molecule has 1 aromatic rings. The average Bonchev–Trinajstić information content (AvgIpc) is 2.57. The Balaban J connectivity index is 1.48. The zero-order valence-electron chi connectivity index (χ0n) is 13.0. The molecule has 3 rings (SSSR count). The Bertz CT molecular complexity index is 469. The highest BCUT2D eigenvalue weighted by molar-refractivity contribution is 5.17. The van der Waals surface area contributed by atoms with Gasteiger partial charge >= 0.3 is 0 Å². The first kappa shape index (κ1) is 15.7. The lowest BCUT2D eigenvalue weighted by Crippen LogP contribution is -2.34. The molecule has 0 aromatic heterocycles. The summed E-state index contributed by atoms with van der Waals surface area (Å²) in [6.07, 6.45) is 8.01. The second-order valence-corrected chi connectivity index (χ2v) is 6.62. The van der Waals surface area contributed by atoms with Crippen LogP contribution in [0.4, 0.5) is 4.39 Å². The summed E-state index contributed by atoms with van der Waals surface area (Å²) >= 11 is 0. The van der Waals surface area contributed by atoms with Crippen LogP contribution in [0.2, 0.25) is 0 Å². The van der Waals surface area contributed by atoms with Gasteiger partial charge in [-0.3, -0.25) is 0 Å². The fourth-order valence-corrected chi connectivity index (χ4v) is 3.73. The van der Waals surface area contributed by atoms with Crippen molar-refractivity contribution in [3.63, 3.8) is 0 Å². The Kier molecular flexibility index (Phi) is 5.27. The van der Waals surface area contributed by atoms with Crippen LogP contribution in [0.15, 0.2) is 36.9 Å². The van der Waals surface area contributed by atoms with E-state index < -0.39 is 0 Å². The highest BCUT2D eigenvalue weighted by atomic mass is 19.1. The van der Waals surface area contributed by atoms with Crippen LogP contribution in [-0.4, -0.2) is 13.2 Å². The molecule has 1 saturated carbocycles. The first-order valence-electron chi connectivity index (χ1n) is 8.36. The Morgan fingerprint density at radius 3 is 2.23 bits per heavy atom. The quantitative estimate of drug-likeness (QED) is 0.739. The summed E-state index contributed by atoms with van der Waals surface area (Å²) in [5, 5.41) is 0. The molecule has 0 bridgehead atoms. The molecule has 0 spiro atoms. The summed E-state index contributed by atoms with van der Waals surface area (Å²) in [5.74, 6) is 1.82. The van der Waals surface area contributed by atoms with E-state index in [4.69, 9.17) is 9.47 Å². The normalized spacial score (nSPS) is 32.6. The largest absolute Gasteiger partial charge is 0.348 e. The van der Waals surface area contributed by atoms with Gasteiger partial charge in [0, 0.05) is 11.5 Å². The molecule has 1 saturated heterocycles. The third kappa shape index (κ3) is 3.76. The lowest BCUT2D eigenvalue weighted by molar-refractivity contribution is -0.214. The van der Waals surface area contributed by atoms with Gasteiger partial charge in [-0.1, -0.05) is 18.2 Å². The predicted molar refractivity (Wildman–Crippen MR) is 84.8 cm³/mol. The first-order valence-corrected chi connectivity index (χ1v) is 8.36. The van der Waals surface area contributed by atoms with Gasteiger partial charge in [-0.15, -0.1) is 6.58 Å². The minimum Gasteiger partial charge on any atom is -0.348 e. The molecule has 120 valence electrons. The van der Waals surface area contributed by atoms with Crippen LogP contribution >= 0.6 is 0 Å². The van der Waals surface area contributed by atoms with Gasteiger partial charge < -0.3 is 9.47 Å². The Morgan fingerprint density at radius 2 is 1.64 bits per heavy atom. The Labute approximate surface area is 132 Å². The summed E-state index contributed by atoms with van der Waals surface area (Å²) in [7, 11) is 0. The zero-order valence-corrected chi connectivity index (χ0v) is 13.0. The zero-order chi connectivity index (χ0) is 15.4. The molecule has 1 aromatic carbocycles. The SMILES string of the molecule is C=CC[C@H]1CC[C@H]([C@H]2CO[C@H](c3ccc(F)cc3)OC2)CC1. The van der Waals surface area contributed by atoms with E-state index >= 15 is 0 Å². The molecule has 1 heterocycles. The van der Waals surface area contributed by atoms with Gasteiger partial charge in [0.05, 0.1) is 13.2 Å². The predicted octanol–water partition coefficient (Wildman–Crippen LogP) is 4.87. The van der Waals surface area contributed by atoms with Crippen molar-refractivity contribution in [2.45, 2.75) is 38.4 Å². The molecule has 0 N–H and O–H groups in total. The van der Waals surface area contributed by atoms with Crippen LogP contribution in [0, 0.1) is 23.6 Å². The van der Waals surface area contributed by atoms with Crippen molar-refractivity contribution in [2.75, 3.05) is 13.2 Å². The van der Waals surface area contributed by atoms with Crippen molar-refractivity contribution >= 4 is 0 Å². The molecule has 3 heteroatoms. The second-order valence-electron chi connectivity index (χ2n) is 6.62. The Morgan fingerprint density at radius 1 is 1.00 bits per heavy atom. The number of halogens is 1. The van der Waals surface area contributed by atoms with Gasteiger partial charge in [-0.25, -0.2) is 4.39 Å². The van der Waals surface area contributed by atoms with Crippen molar-refractivity contribution in [2.24, 2.45) is 17.8 Å². The molecule has 1 aliphatic heterocycles. The smallest absolute Gasteiger partial charge is 0.183 e. The number of rotatable bonds is 4. The first-order chi connectivity index (χ1) is 10.8. The van der Waals surface area contributed by atoms with Crippen LogP contribution in [0.1, 0.15) is 44.0 Å². The fraction of sp³-hybridized carbons (Fsp3) is 0.579. The van der Waals surface area contributed by atoms with E-state index in [0.717, 1.165) is 37.0 Å². The molecule has 22 heavy (non-hydrogen) atoms. The molecule has 0 amide bonds. The minimum atomic E-state index is -0.339. The van der Waals surface area contributed by atoms with E-state index in [1.807, 2.05) is 6.08 Å². The summed E-state index contributed by atoms with van der Waals surface area (Å²) in [6.45, 7) is 5.34. The van der Waals surface area contributed by atoms with Crippen LogP contribution in [-0.2, 0) is 9.47 Å². The highest BCUT2D eigenvalue weighted by Crippen LogP contribution is 2.38. The lowest BCUT2D eigenvalue weighted by atomic mass is 9.75. The lowest BCUT2D eigenvalue weighted by Gasteiger charge is -2.37. The number of benzene rings is 1. The van der Waals surface area contributed by atoms with Crippen molar-refractivity contribution in [3.05, 3.63) is 48.3 Å². The maximum absolute atomic E-state index is 13.0. The maximum Gasteiger partial charge on any atom is 0.183 e. The fourth-order valence-electron chi connectivity index (χ4n) is 3.73. The number of ether oxygens (including phenoxy) is 2. The van der Waals surface area contributed by atoms with Crippen molar-refractivity contribution in [1.29, 1.82) is 0 Å². The third-order valence-corrected chi connectivity index (χ3v) is 5.12. The summed E-state index contributed by atoms with van der Waals surface area (Å²) in [6, 6.07) is 6.38. The van der Waals surface area contributed by atoms with E-state index in [0.29, 0.717) is 5.92 Å². The molecule has 0 unspecified atom stereocenters. The Hall–Kier alpha value is -1.19. The monoisotopic (exact) mass is 304 g/mol. The molecule has 2 aliphatic rings. The average molecular weight is 304 g/mol.